The maximum atomic E-state index is 13.7. The van der Waals surface area contributed by atoms with Crippen LogP contribution in [-0.4, -0.2) is 61.9 Å². The molecule has 5 rings (SSSR count). The van der Waals surface area contributed by atoms with Crippen LogP contribution in [0.25, 0.3) is 0 Å². The van der Waals surface area contributed by atoms with Crippen LogP contribution < -0.4 is 0 Å². The summed E-state index contributed by atoms with van der Waals surface area (Å²) < 4.78 is 11.4. The van der Waals surface area contributed by atoms with Gasteiger partial charge in [-0.2, -0.15) is 0 Å². The molecule has 0 aromatic rings. The smallest absolute Gasteiger partial charge is 0.303 e. The molecule has 5 aliphatic carbocycles. The van der Waals surface area contributed by atoms with Gasteiger partial charge in [-0.1, -0.05) is 12.5 Å². The van der Waals surface area contributed by atoms with E-state index >= 15 is 0 Å². The highest BCUT2D eigenvalue weighted by atomic mass is 16.6. The summed E-state index contributed by atoms with van der Waals surface area (Å²) in [5.41, 5.74) is 2.81. The standard InChI is InChI=1S/C31H45NO5/c1-19(33)37-31(28(35)18-36-5)15-14-27-25-12-8-21-16-23(34)11-13-24(21)29(25)26(17-30(27,31)2)20-6-9-22(10-7-20)32(3)4/h16,20,22,25-27H,6-15,17-18H2,1-5H3/t20?,22?,25?,26-,27?,30+,31+/m1/s1. The van der Waals surface area contributed by atoms with E-state index in [1.54, 1.807) is 12.7 Å². The van der Waals surface area contributed by atoms with Gasteiger partial charge in [0.05, 0.1) is 0 Å². The molecule has 3 fully saturated rings. The fourth-order valence-electron chi connectivity index (χ4n) is 9.33. The van der Waals surface area contributed by atoms with Crippen molar-refractivity contribution in [2.45, 2.75) is 96.1 Å². The molecule has 0 aromatic carbocycles. The van der Waals surface area contributed by atoms with Gasteiger partial charge in [-0.15, -0.1) is 0 Å². The number of allylic oxidation sites excluding steroid dienone is 4. The summed E-state index contributed by atoms with van der Waals surface area (Å²) in [5, 5.41) is 0. The van der Waals surface area contributed by atoms with Gasteiger partial charge in [0, 0.05) is 31.9 Å². The minimum absolute atomic E-state index is 0.0260. The lowest BCUT2D eigenvalue weighted by Crippen LogP contribution is -2.59. The van der Waals surface area contributed by atoms with E-state index in [0.717, 1.165) is 32.1 Å². The van der Waals surface area contributed by atoms with Gasteiger partial charge in [0.15, 0.2) is 11.4 Å². The maximum absolute atomic E-state index is 13.7. The zero-order valence-corrected chi connectivity index (χ0v) is 23.4. The molecule has 0 radical (unpaired) electrons. The molecular formula is C31H45NO5. The quantitative estimate of drug-likeness (QED) is 0.465. The van der Waals surface area contributed by atoms with Crippen LogP contribution in [0.2, 0.25) is 0 Å². The lowest BCUT2D eigenvalue weighted by atomic mass is 9.49. The van der Waals surface area contributed by atoms with E-state index in [9.17, 15) is 14.4 Å². The maximum Gasteiger partial charge on any atom is 0.303 e. The second kappa shape index (κ2) is 10.1. The minimum Gasteiger partial charge on any atom is -0.451 e. The number of carbonyl (C=O) groups is 3. The first-order valence-electron chi connectivity index (χ1n) is 14.5. The number of nitrogens with zero attached hydrogens (tertiary/aromatic N) is 1. The summed E-state index contributed by atoms with van der Waals surface area (Å²) in [6.07, 6.45) is 12.5. The summed E-state index contributed by atoms with van der Waals surface area (Å²) >= 11 is 0. The van der Waals surface area contributed by atoms with Gasteiger partial charge in [0.2, 0.25) is 5.78 Å². The van der Waals surface area contributed by atoms with E-state index in [2.05, 4.69) is 25.9 Å². The van der Waals surface area contributed by atoms with Crippen molar-refractivity contribution < 1.29 is 23.9 Å². The number of ether oxygens (including phenoxy) is 2. The number of Topliss-reactive ketones (excluding diaryl/α,β-unsaturated/α-hetero) is 1. The summed E-state index contributed by atoms with van der Waals surface area (Å²) in [6.45, 7) is 3.66. The number of hydrogen-bond donors (Lipinski definition) is 0. The van der Waals surface area contributed by atoms with E-state index < -0.39 is 11.0 Å². The predicted octanol–water partition coefficient (Wildman–Crippen LogP) is 5.06. The molecule has 0 aromatic heterocycles. The third-order valence-electron chi connectivity index (χ3n) is 11.0. The first kappa shape index (κ1) is 26.8. The summed E-state index contributed by atoms with van der Waals surface area (Å²) in [4.78, 5) is 40.8. The van der Waals surface area contributed by atoms with Gasteiger partial charge in [-0.05, 0) is 119 Å². The summed E-state index contributed by atoms with van der Waals surface area (Å²) in [6, 6.07) is 0.626. The molecular weight excluding hydrogens is 466 g/mol. The molecule has 204 valence electrons. The Hall–Kier alpha value is -1.79. The Labute approximate surface area is 222 Å². The molecule has 0 N–H and O–H groups in total. The molecule has 0 aliphatic heterocycles. The summed E-state index contributed by atoms with van der Waals surface area (Å²) in [7, 11) is 5.91. The first-order valence-corrected chi connectivity index (χ1v) is 14.5. The van der Waals surface area contributed by atoms with Crippen molar-refractivity contribution in [2.24, 2.45) is 29.1 Å². The van der Waals surface area contributed by atoms with E-state index in [0.29, 0.717) is 42.6 Å². The summed E-state index contributed by atoms with van der Waals surface area (Å²) in [5.74, 6) is 1.42. The molecule has 6 nitrogen and oxygen atoms in total. The molecule has 2 unspecified atom stereocenters. The van der Waals surface area contributed by atoms with Crippen molar-refractivity contribution >= 4 is 17.5 Å². The third-order valence-corrected chi connectivity index (χ3v) is 11.0. The van der Waals surface area contributed by atoms with Gasteiger partial charge in [0.25, 0.3) is 0 Å². The topological polar surface area (TPSA) is 72.9 Å². The number of carbonyl (C=O) groups excluding carboxylic acids is 3. The second-order valence-corrected chi connectivity index (χ2v) is 12.9. The lowest BCUT2D eigenvalue weighted by molar-refractivity contribution is -0.187. The van der Waals surface area contributed by atoms with Crippen LogP contribution in [0.3, 0.4) is 0 Å². The van der Waals surface area contributed by atoms with Crippen molar-refractivity contribution in [1.82, 2.24) is 4.90 Å². The number of fused-ring (bicyclic) bond motifs is 4. The Morgan fingerprint density at radius 3 is 2.41 bits per heavy atom. The minimum atomic E-state index is -1.12. The van der Waals surface area contributed by atoms with Crippen LogP contribution >= 0.6 is 0 Å². The number of ketones is 2. The third kappa shape index (κ3) is 4.36. The number of rotatable bonds is 6. The van der Waals surface area contributed by atoms with Gasteiger partial charge >= 0.3 is 5.97 Å². The van der Waals surface area contributed by atoms with Crippen LogP contribution in [0.15, 0.2) is 22.8 Å². The Kier molecular flexibility index (Phi) is 7.29. The lowest BCUT2D eigenvalue weighted by Gasteiger charge is -2.56. The first-order chi connectivity index (χ1) is 17.6. The Morgan fingerprint density at radius 1 is 1.03 bits per heavy atom. The highest BCUT2D eigenvalue weighted by molar-refractivity contribution is 5.93. The van der Waals surface area contributed by atoms with Gasteiger partial charge < -0.3 is 14.4 Å². The SMILES string of the molecule is COCC(=O)[C@@]1(OC(C)=O)CCC2C3CCC4=CC(=O)CCC4=C3[C@@H](C3CCC(N(C)C)CC3)C[C@@]21C. The molecule has 0 saturated heterocycles. The zero-order chi connectivity index (χ0) is 26.5. The molecule has 5 aliphatic rings. The molecule has 3 saturated carbocycles. The van der Waals surface area contributed by atoms with Crippen molar-refractivity contribution in [1.29, 1.82) is 0 Å². The Bertz CT molecular complexity index is 1020. The normalized spacial score (nSPS) is 39.6. The molecule has 37 heavy (non-hydrogen) atoms. The van der Waals surface area contributed by atoms with E-state index in [1.807, 2.05) is 6.08 Å². The van der Waals surface area contributed by atoms with Crippen LogP contribution in [0.5, 0.6) is 0 Å². The number of methoxy groups -OCH3 is 1. The number of esters is 1. The average Bonchev–Trinajstić information content (AvgIpc) is 3.15. The molecule has 0 spiro atoms. The van der Waals surface area contributed by atoms with Crippen molar-refractivity contribution in [3.05, 3.63) is 22.8 Å². The van der Waals surface area contributed by atoms with Crippen LogP contribution in [0, 0.1) is 29.1 Å². The highest BCUT2D eigenvalue weighted by Crippen LogP contribution is 2.67. The van der Waals surface area contributed by atoms with Crippen molar-refractivity contribution in [2.75, 3.05) is 27.8 Å². The van der Waals surface area contributed by atoms with Crippen molar-refractivity contribution in [3.8, 4) is 0 Å². The molecule has 0 amide bonds. The number of hydrogen-bond acceptors (Lipinski definition) is 6. The highest BCUT2D eigenvalue weighted by Gasteiger charge is 2.68. The average molecular weight is 512 g/mol. The van der Waals surface area contributed by atoms with E-state index in [4.69, 9.17) is 9.47 Å². The second-order valence-electron chi connectivity index (χ2n) is 12.9. The van der Waals surface area contributed by atoms with Crippen LogP contribution in [0.1, 0.15) is 84.5 Å². The van der Waals surface area contributed by atoms with Crippen LogP contribution in [0.4, 0.5) is 0 Å². The fraction of sp³-hybridized carbons (Fsp3) is 0.774. The molecule has 0 heterocycles. The van der Waals surface area contributed by atoms with Gasteiger partial charge in [-0.3, -0.25) is 14.4 Å². The fourth-order valence-corrected chi connectivity index (χ4v) is 9.33. The molecule has 5 atom stereocenters. The Balaban J connectivity index is 1.59. The Morgan fingerprint density at radius 2 is 1.76 bits per heavy atom. The largest absolute Gasteiger partial charge is 0.451 e. The predicted molar refractivity (Wildman–Crippen MR) is 142 cm³/mol. The van der Waals surface area contributed by atoms with E-state index in [-0.39, 0.29) is 24.1 Å². The van der Waals surface area contributed by atoms with Gasteiger partial charge in [-0.25, -0.2) is 0 Å². The zero-order valence-electron chi connectivity index (χ0n) is 23.4. The van der Waals surface area contributed by atoms with Crippen molar-refractivity contribution in [3.63, 3.8) is 0 Å². The van der Waals surface area contributed by atoms with E-state index in [1.165, 1.54) is 43.8 Å². The van der Waals surface area contributed by atoms with Gasteiger partial charge in [0.1, 0.15) is 6.61 Å². The molecule has 0 bridgehead atoms. The van der Waals surface area contributed by atoms with Crippen LogP contribution in [-0.2, 0) is 23.9 Å². The molecule has 6 heteroatoms. The monoisotopic (exact) mass is 511 g/mol.